The number of anilines is 1. The molecule has 1 unspecified atom stereocenters. The number of aliphatic hydroxyl groups is 1. The molecular formula is C13H16ClN3OS. The number of aromatic nitrogens is 2. The van der Waals surface area contributed by atoms with Gasteiger partial charge >= 0.3 is 0 Å². The van der Waals surface area contributed by atoms with Crippen molar-refractivity contribution in [2.75, 3.05) is 18.1 Å². The Hall–Kier alpha value is -0.910. The molecule has 3 heterocycles. The van der Waals surface area contributed by atoms with E-state index in [-0.39, 0.29) is 17.9 Å². The number of aliphatic hydroxyl groups excluding tert-OH is 1. The zero-order valence-corrected chi connectivity index (χ0v) is 12.1. The maximum absolute atomic E-state index is 9.62. The third-order valence-electron chi connectivity index (χ3n) is 3.64. The van der Waals surface area contributed by atoms with Crippen LogP contribution in [0.25, 0.3) is 10.2 Å². The molecule has 1 N–H and O–H groups in total. The van der Waals surface area contributed by atoms with E-state index < -0.39 is 0 Å². The van der Waals surface area contributed by atoms with Gasteiger partial charge in [0.2, 0.25) is 5.28 Å². The number of fused-ring (bicyclic) bond motifs is 1. The summed E-state index contributed by atoms with van der Waals surface area (Å²) in [5.74, 6) is 0.872. The fourth-order valence-corrected chi connectivity index (χ4v) is 3.65. The molecule has 1 fully saturated rings. The Balaban J connectivity index is 2.07. The van der Waals surface area contributed by atoms with Crippen LogP contribution in [0.5, 0.6) is 0 Å². The smallest absolute Gasteiger partial charge is 0.225 e. The summed E-state index contributed by atoms with van der Waals surface area (Å²) in [4.78, 5) is 11.8. The molecule has 3 rings (SSSR count). The van der Waals surface area contributed by atoms with Gasteiger partial charge in [0.15, 0.2) is 0 Å². The summed E-state index contributed by atoms with van der Waals surface area (Å²) in [5, 5.41) is 12.9. The number of halogens is 1. The first-order valence-corrected chi connectivity index (χ1v) is 7.83. The summed E-state index contributed by atoms with van der Waals surface area (Å²) in [6, 6.07) is 2.17. The summed E-state index contributed by atoms with van der Waals surface area (Å²) in [7, 11) is 0. The van der Waals surface area contributed by atoms with Crippen LogP contribution in [-0.2, 0) is 0 Å². The second-order valence-corrected chi connectivity index (χ2v) is 6.07. The quantitative estimate of drug-likeness (QED) is 0.866. The van der Waals surface area contributed by atoms with E-state index in [2.05, 4.69) is 14.9 Å². The molecule has 0 radical (unpaired) electrons. The van der Waals surface area contributed by atoms with E-state index >= 15 is 0 Å². The number of thiophene rings is 1. The topological polar surface area (TPSA) is 49.2 Å². The van der Waals surface area contributed by atoms with Gasteiger partial charge < -0.3 is 10.0 Å². The van der Waals surface area contributed by atoms with Crippen molar-refractivity contribution in [3.8, 4) is 0 Å². The van der Waals surface area contributed by atoms with E-state index in [0.717, 1.165) is 41.8 Å². The molecule has 2 aromatic rings. The third-order valence-corrected chi connectivity index (χ3v) is 4.61. The molecular weight excluding hydrogens is 282 g/mol. The second-order valence-electron chi connectivity index (χ2n) is 4.83. The minimum atomic E-state index is 0.136. The van der Waals surface area contributed by atoms with Gasteiger partial charge in [-0.2, -0.15) is 4.98 Å². The van der Waals surface area contributed by atoms with Crippen LogP contribution in [0.4, 0.5) is 5.82 Å². The van der Waals surface area contributed by atoms with Crippen molar-refractivity contribution in [3.63, 3.8) is 0 Å². The van der Waals surface area contributed by atoms with Crippen molar-refractivity contribution in [2.45, 2.75) is 31.7 Å². The average Bonchev–Trinajstić information content (AvgIpc) is 2.74. The highest BCUT2D eigenvalue weighted by atomic mass is 35.5. The average molecular weight is 298 g/mol. The molecule has 0 spiro atoms. The van der Waals surface area contributed by atoms with Gasteiger partial charge in [-0.1, -0.05) is 12.8 Å². The van der Waals surface area contributed by atoms with Gasteiger partial charge in [0, 0.05) is 6.54 Å². The van der Waals surface area contributed by atoms with Crippen molar-refractivity contribution >= 4 is 39.0 Å². The van der Waals surface area contributed by atoms with E-state index in [1.165, 1.54) is 6.42 Å². The Morgan fingerprint density at radius 2 is 2.26 bits per heavy atom. The standard InChI is InChI=1S/C13H16ClN3OS/c14-13-15-11(10-5-7-19-12(10)16-13)17-6-3-1-2-4-9(17)8-18/h5,7,9,18H,1-4,6,8H2. The highest BCUT2D eigenvalue weighted by Crippen LogP contribution is 2.32. The van der Waals surface area contributed by atoms with Crippen LogP contribution in [0.2, 0.25) is 5.28 Å². The molecule has 1 atom stereocenters. The van der Waals surface area contributed by atoms with Gasteiger partial charge in [-0.05, 0) is 35.9 Å². The van der Waals surface area contributed by atoms with Gasteiger partial charge in [0.25, 0.3) is 0 Å². The first-order valence-electron chi connectivity index (χ1n) is 6.58. The van der Waals surface area contributed by atoms with Gasteiger partial charge in [-0.3, -0.25) is 0 Å². The van der Waals surface area contributed by atoms with E-state index in [9.17, 15) is 5.11 Å². The van der Waals surface area contributed by atoms with E-state index in [0.29, 0.717) is 0 Å². The lowest BCUT2D eigenvalue weighted by Gasteiger charge is -2.30. The van der Waals surface area contributed by atoms with E-state index in [1.807, 2.05) is 11.4 Å². The summed E-state index contributed by atoms with van der Waals surface area (Å²) in [5.41, 5.74) is 0. The van der Waals surface area contributed by atoms with Crippen molar-refractivity contribution < 1.29 is 5.11 Å². The molecule has 1 aliphatic heterocycles. The molecule has 2 aromatic heterocycles. The molecule has 0 aliphatic carbocycles. The Morgan fingerprint density at radius 3 is 3.11 bits per heavy atom. The molecule has 1 saturated heterocycles. The Morgan fingerprint density at radius 1 is 1.37 bits per heavy atom. The molecule has 0 saturated carbocycles. The van der Waals surface area contributed by atoms with E-state index in [1.54, 1.807) is 11.3 Å². The lowest BCUT2D eigenvalue weighted by atomic mass is 10.1. The molecule has 102 valence electrons. The molecule has 4 nitrogen and oxygen atoms in total. The zero-order valence-electron chi connectivity index (χ0n) is 10.5. The van der Waals surface area contributed by atoms with Crippen molar-refractivity contribution in [2.24, 2.45) is 0 Å². The van der Waals surface area contributed by atoms with Gasteiger partial charge in [0.05, 0.1) is 18.0 Å². The zero-order chi connectivity index (χ0) is 13.2. The minimum Gasteiger partial charge on any atom is -0.394 e. The van der Waals surface area contributed by atoms with Crippen LogP contribution >= 0.6 is 22.9 Å². The lowest BCUT2D eigenvalue weighted by molar-refractivity contribution is 0.255. The second kappa shape index (κ2) is 5.61. The van der Waals surface area contributed by atoms with Crippen molar-refractivity contribution in [1.82, 2.24) is 9.97 Å². The number of rotatable bonds is 2. The molecule has 0 amide bonds. The van der Waals surface area contributed by atoms with Crippen LogP contribution < -0.4 is 4.90 Å². The minimum absolute atomic E-state index is 0.136. The molecule has 19 heavy (non-hydrogen) atoms. The molecule has 1 aliphatic rings. The first kappa shape index (κ1) is 13.1. The maximum Gasteiger partial charge on any atom is 0.225 e. The van der Waals surface area contributed by atoms with Gasteiger partial charge in [-0.15, -0.1) is 11.3 Å². The summed E-state index contributed by atoms with van der Waals surface area (Å²) >= 11 is 7.60. The molecule has 0 bridgehead atoms. The van der Waals surface area contributed by atoms with Gasteiger partial charge in [0.1, 0.15) is 10.6 Å². The van der Waals surface area contributed by atoms with Crippen LogP contribution in [0.3, 0.4) is 0 Å². The normalized spacial score (nSPS) is 20.7. The number of nitrogens with zero attached hydrogens (tertiary/aromatic N) is 3. The lowest BCUT2D eigenvalue weighted by Crippen LogP contribution is -2.38. The highest BCUT2D eigenvalue weighted by molar-refractivity contribution is 7.16. The Bertz CT molecular complexity index is 574. The Labute approximate surface area is 121 Å². The monoisotopic (exact) mass is 297 g/mol. The number of hydrogen-bond donors (Lipinski definition) is 1. The fourth-order valence-electron chi connectivity index (χ4n) is 2.68. The summed E-state index contributed by atoms with van der Waals surface area (Å²) in [6.07, 6.45) is 4.50. The van der Waals surface area contributed by atoms with Crippen LogP contribution in [0.1, 0.15) is 25.7 Å². The first-order chi connectivity index (χ1) is 9.29. The predicted octanol–water partition coefficient (Wildman–Crippen LogP) is 3.09. The predicted molar refractivity (Wildman–Crippen MR) is 79.1 cm³/mol. The molecule has 0 aromatic carbocycles. The van der Waals surface area contributed by atoms with Crippen LogP contribution in [0, 0.1) is 0 Å². The molecule has 6 heteroatoms. The van der Waals surface area contributed by atoms with E-state index in [4.69, 9.17) is 11.6 Å². The van der Waals surface area contributed by atoms with Gasteiger partial charge in [-0.25, -0.2) is 4.98 Å². The summed E-state index contributed by atoms with van der Waals surface area (Å²) in [6.45, 7) is 1.08. The van der Waals surface area contributed by atoms with Crippen molar-refractivity contribution in [3.05, 3.63) is 16.7 Å². The number of hydrogen-bond acceptors (Lipinski definition) is 5. The van der Waals surface area contributed by atoms with Crippen LogP contribution in [-0.4, -0.2) is 34.3 Å². The Kier molecular flexibility index (Phi) is 3.86. The summed E-state index contributed by atoms with van der Waals surface area (Å²) < 4.78 is 0. The maximum atomic E-state index is 9.62. The third kappa shape index (κ3) is 2.55. The van der Waals surface area contributed by atoms with Crippen LogP contribution in [0.15, 0.2) is 11.4 Å². The highest BCUT2D eigenvalue weighted by Gasteiger charge is 2.24. The largest absolute Gasteiger partial charge is 0.394 e. The SMILES string of the molecule is OCC1CCCCCN1c1nc(Cl)nc2sccc12. The van der Waals surface area contributed by atoms with Crippen molar-refractivity contribution in [1.29, 1.82) is 0 Å². The fraction of sp³-hybridized carbons (Fsp3) is 0.538.